The van der Waals surface area contributed by atoms with E-state index in [2.05, 4.69) is 20.9 Å². The molecule has 1 heterocycles. The molecule has 0 bridgehead atoms. The van der Waals surface area contributed by atoms with Crippen molar-refractivity contribution in [2.75, 3.05) is 23.0 Å². The lowest BCUT2D eigenvalue weighted by Crippen LogP contribution is -2.30. The molecule has 0 aliphatic carbocycles. The van der Waals surface area contributed by atoms with Gasteiger partial charge in [-0.05, 0) is 61.5 Å². The molecular weight excluding hydrogens is 675 g/mol. The standard InChI is InChI=1S/C35H28Cl2N4O4S2/c1-2-45-31-14-7-6-11-24(31)18-29(39-33(43)22-9-4-3-5-10-22)34(44)38-25-12-8-13-26(19-25)46-21-32(42)41-35-40-30(20-47-35)23-15-16-27(36)28(37)17-23/h3-20H,2,21H2,1H3,(H,38,44)(H,39,43)(H,40,41,42)/b29-18+. The van der Waals surface area contributed by atoms with Crippen LogP contribution in [0.5, 0.6) is 5.75 Å². The summed E-state index contributed by atoms with van der Waals surface area (Å²) in [7, 11) is 0. The van der Waals surface area contributed by atoms with Crippen LogP contribution in [0.25, 0.3) is 17.3 Å². The largest absolute Gasteiger partial charge is 0.493 e. The van der Waals surface area contributed by atoms with E-state index in [9.17, 15) is 14.4 Å². The Balaban J connectivity index is 1.25. The zero-order chi connectivity index (χ0) is 33.2. The third-order valence-electron chi connectivity index (χ3n) is 6.48. The summed E-state index contributed by atoms with van der Waals surface area (Å²) in [5.74, 6) is -0.496. The van der Waals surface area contributed by atoms with Crippen LogP contribution < -0.4 is 20.7 Å². The zero-order valence-corrected chi connectivity index (χ0v) is 28.1. The predicted octanol–water partition coefficient (Wildman–Crippen LogP) is 8.66. The predicted molar refractivity (Wildman–Crippen MR) is 191 cm³/mol. The first-order chi connectivity index (χ1) is 22.8. The Hall–Kier alpha value is -4.61. The third-order valence-corrected chi connectivity index (χ3v) is 8.97. The van der Waals surface area contributed by atoms with Gasteiger partial charge in [-0.1, -0.05) is 71.7 Å². The highest BCUT2D eigenvalue weighted by Gasteiger charge is 2.17. The molecule has 0 saturated heterocycles. The van der Waals surface area contributed by atoms with Gasteiger partial charge in [0.25, 0.3) is 11.8 Å². The highest BCUT2D eigenvalue weighted by molar-refractivity contribution is 8.00. The van der Waals surface area contributed by atoms with Crippen LogP contribution in [0, 0.1) is 0 Å². The summed E-state index contributed by atoms with van der Waals surface area (Å²) in [4.78, 5) is 44.5. The molecule has 0 aliphatic rings. The highest BCUT2D eigenvalue weighted by atomic mass is 35.5. The lowest BCUT2D eigenvalue weighted by molar-refractivity contribution is -0.114. The first-order valence-electron chi connectivity index (χ1n) is 14.3. The second-order valence-corrected chi connectivity index (χ2v) is 12.6. The number of carbonyl (C=O) groups excluding carboxylic acids is 3. The Kier molecular flexibility index (Phi) is 11.7. The van der Waals surface area contributed by atoms with E-state index in [1.54, 1.807) is 72.8 Å². The molecule has 3 amide bonds. The Labute approximate surface area is 290 Å². The number of ether oxygens (including phenoxy) is 1. The number of halogens is 2. The summed E-state index contributed by atoms with van der Waals surface area (Å²) in [6, 6.07) is 28.2. The van der Waals surface area contributed by atoms with Crippen molar-refractivity contribution in [3.8, 4) is 17.0 Å². The summed E-state index contributed by atoms with van der Waals surface area (Å²) in [6.45, 7) is 2.31. The maximum Gasteiger partial charge on any atom is 0.272 e. The molecule has 5 aromatic rings. The molecule has 0 unspecified atom stereocenters. The molecule has 5 rings (SSSR count). The van der Waals surface area contributed by atoms with Crippen molar-refractivity contribution in [2.24, 2.45) is 0 Å². The lowest BCUT2D eigenvalue weighted by Gasteiger charge is -2.13. The fraction of sp³-hybridized carbons (Fsp3) is 0.0857. The number of amides is 3. The Morgan fingerprint density at radius 2 is 1.68 bits per heavy atom. The van der Waals surface area contributed by atoms with Crippen molar-refractivity contribution in [3.05, 3.63) is 129 Å². The van der Waals surface area contributed by atoms with Gasteiger partial charge in [0.05, 0.1) is 28.1 Å². The maximum absolute atomic E-state index is 13.5. The molecule has 3 N–H and O–H groups in total. The minimum atomic E-state index is -0.526. The molecule has 0 radical (unpaired) electrons. The second-order valence-electron chi connectivity index (χ2n) is 9.83. The molecule has 0 fully saturated rings. The van der Waals surface area contributed by atoms with Crippen LogP contribution in [0.2, 0.25) is 10.0 Å². The molecule has 4 aromatic carbocycles. The number of para-hydroxylation sites is 1. The lowest BCUT2D eigenvalue weighted by atomic mass is 10.1. The normalized spacial score (nSPS) is 11.1. The van der Waals surface area contributed by atoms with Gasteiger partial charge in [0.2, 0.25) is 5.91 Å². The third kappa shape index (κ3) is 9.46. The first-order valence-corrected chi connectivity index (χ1v) is 17.0. The fourth-order valence-electron chi connectivity index (χ4n) is 4.27. The smallest absolute Gasteiger partial charge is 0.272 e. The molecule has 8 nitrogen and oxygen atoms in total. The van der Waals surface area contributed by atoms with E-state index >= 15 is 0 Å². The Bertz CT molecular complexity index is 1930. The summed E-state index contributed by atoms with van der Waals surface area (Å²) >= 11 is 14.7. The number of hydrogen-bond acceptors (Lipinski definition) is 7. The van der Waals surface area contributed by atoms with Gasteiger partial charge in [-0.3, -0.25) is 14.4 Å². The van der Waals surface area contributed by atoms with Crippen LogP contribution in [-0.2, 0) is 9.59 Å². The quantitative estimate of drug-likeness (QED) is 0.0887. The number of benzene rings is 4. The SMILES string of the molecule is CCOc1ccccc1/C=C(/NC(=O)c1ccccc1)C(=O)Nc1cccc(SCC(=O)Nc2nc(-c3ccc(Cl)c(Cl)c3)cs2)c1. The number of carbonyl (C=O) groups is 3. The first kappa shape index (κ1) is 33.7. The fourth-order valence-corrected chi connectivity index (χ4v) is 6.06. The molecule has 1 aromatic heterocycles. The number of thiazole rings is 1. The monoisotopic (exact) mass is 702 g/mol. The van der Waals surface area contributed by atoms with Gasteiger partial charge in [0, 0.05) is 32.7 Å². The zero-order valence-electron chi connectivity index (χ0n) is 25.0. The second kappa shape index (κ2) is 16.3. The van der Waals surface area contributed by atoms with Gasteiger partial charge in [-0.15, -0.1) is 23.1 Å². The van der Waals surface area contributed by atoms with Gasteiger partial charge in [-0.25, -0.2) is 4.98 Å². The number of hydrogen-bond donors (Lipinski definition) is 3. The van der Waals surface area contributed by atoms with Crippen molar-refractivity contribution in [3.63, 3.8) is 0 Å². The van der Waals surface area contributed by atoms with Gasteiger partial charge in [0.1, 0.15) is 11.4 Å². The van der Waals surface area contributed by atoms with Crippen LogP contribution in [0.4, 0.5) is 10.8 Å². The Morgan fingerprint density at radius 1 is 0.894 bits per heavy atom. The van der Waals surface area contributed by atoms with Crippen LogP contribution in [0.3, 0.4) is 0 Å². The van der Waals surface area contributed by atoms with Gasteiger partial charge >= 0.3 is 0 Å². The number of nitrogens with one attached hydrogen (secondary N) is 3. The summed E-state index contributed by atoms with van der Waals surface area (Å²) in [5, 5.41) is 11.6. The van der Waals surface area contributed by atoms with Crippen LogP contribution >= 0.6 is 46.3 Å². The van der Waals surface area contributed by atoms with Crippen molar-refractivity contribution < 1.29 is 19.1 Å². The van der Waals surface area contributed by atoms with Crippen LogP contribution in [0.1, 0.15) is 22.8 Å². The van der Waals surface area contributed by atoms with Crippen molar-refractivity contribution >= 4 is 80.9 Å². The van der Waals surface area contributed by atoms with E-state index in [-0.39, 0.29) is 17.4 Å². The molecule has 0 spiro atoms. The van der Waals surface area contributed by atoms with Gasteiger partial charge in [-0.2, -0.15) is 0 Å². The number of aromatic nitrogens is 1. The number of rotatable bonds is 12. The minimum Gasteiger partial charge on any atom is -0.493 e. The molecule has 47 heavy (non-hydrogen) atoms. The maximum atomic E-state index is 13.5. The summed E-state index contributed by atoms with van der Waals surface area (Å²) in [6.07, 6.45) is 1.58. The average molecular weight is 704 g/mol. The number of thioether (sulfide) groups is 1. The van der Waals surface area contributed by atoms with E-state index in [4.69, 9.17) is 27.9 Å². The van der Waals surface area contributed by atoms with E-state index in [0.29, 0.717) is 50.0 Å². The summed E-state index contributed by atoms with van der Waals surface area (Å²) in [5.41, 5.74) is 3.03. The van der Waals surface area contributed by atoms with E-state index in [1.807, 2.05) is 42.6 Å². The van der Waals surface area contributed by atoms with Gasteiger partial charge < -0.3 is 20.7 Å². The average Bonchev–Trinajstić information content (AvgIpc) is 3.54. The van der Waals surface area contributed by atoms with Crippen LogP contribution in [-0.4, -0.2) is 35.1 Å². The van der Waals surface area contributed by atoms with E-state index in [0.717, 1.165) is 10.5 Å². The molecular formula is C35H28Cl2N4O4S2. The highest BCUT2D eigenvalue weighted by Crippen LogP contribution is 2.31. The number of anilines is 2. The van der Waals surface area contributed by atoms with Crippen molar-refractivity contribution in [1.82, 2.24) is 10.3 Å². The molecule has 0 atom stereocenters. The Morgan fingerprint density at radius 3 is 2.47 bits per heavy atom. The molecule has 0 aliphatic heterocycles. The minimum absolute atomic E-state index is 0.0344. The molecule has 0 saturated carbocycles. The van der Waals surface area contributed by atoms with E-state index in [1.165, 1.54) is 23.1 Å². The number of nitrogens with zero attached hydrogens (tertiary/aromatic N) is 1. The van der Waals surface area contributed by atoms with Crippen LogP contribution in [0.15, 0.2) is 113 Å². The van der Waals surface area contributed by atoms with Gasteiger partial charge in [0.15, 0.2) is 5.13 Å². The molecule has 238 valence electrons. The summed E-state index contributed by atoms with van der Waals surface area (Å²) < 4.78 is 5.72. The van der Waals surface area contributed by atoms with Crippen molar-refractivity contribution in [1.29, 1.82) is 0 Å². The molecule has 12 heteroatoms. The van der Waals surface area contributed by atoms with Crippen molar-refractivity contribution in [2.45, 2.75) is 11.8 Å². The topological polar surface area (TPSA) is 109 Å². The van der Waals surface area contributed by atoms with E-state index < -0.39 is 11.8 Å².